The summed E-state index contributed by atoms with van der Waals surface area (Å²) in [5.41, 5.74) is 0.777. The van der Waals surface area contributed by atoms with Crippen LogP contribution in [0.4, 0.5) is 0 Å². The van der Waals surface area contributed by atoms with Crippen molar-refractivity contribution in [3.63, 3.8) is 0 Å². The van der Waals surface area contributed by atoms with Gasteiger partial charge in [-0.2, -0.15) is 0 Å². The van der Waals surface area contributed by atoms with E-state index in [1.807, 2.05) is 30.3 Å². The van der Waals surface area contributed by atoms with E-state index >= 15 is 0 Å². The summed E-state index contributed by atoms with van der Waals surface area (Å²) in [6.45, 7) is 0.391. The van der Waals surface area contributed by atoms with E-state index in [0.29, 0.717) is 0 Å². The normalized spacial score (nSPS) is 33.1. The second kappa shape index (κ2) is 5.91. The molecule has 0 bridgehead atoms. The van der Waals surface area contributed by atoms with Crippen molar-refractivity contribution in [3.8, 4) is 0 Å². The van der Waals surface area contributed by atoms with E-state index in [0.717, 1.165) is 5.56 Å². The van der Waals surface area contributed by atoms with Crippen LogP contribution in [-0.2, 0) is 27.6 Å². The summed E-state index contributed by atoms with van der Waals surface area (Å²) in [4.78, 5) is 0. The zero-order valence-electron chi connectivity index (χ0n) is 10.6. The minimum Gasteiger partial charge on any atom is -0.385 e. The van der Waals surface area contributed by atoms with Crippen LogP contribution in [0.1, 0.15) is 11.9 Å². The predicted molar refractivity (Wildman–Crippen MR) is 66.6 cm³/mol. The average molecular weight is 302 g/mol. The second-order valence-electron chi connectivity index (χ2n) is 4.37. The van der Waals surface area contributed by atoms with Crippen LogP contribution >= 0.6 is 7.82 Å². The Kier molecular flexibility index (Phi) is 4.18. The minimum atomic E-state index is -3.63. The quantitative estimate of drug-likeness (QED) is 0.849. The molecule has 2 aliphatic rings. The molecule has 3 rings (SSSR count). The van der Waals surface area contributed by atoms with Crippen LogP contribution in [-0.4, -0.2) is 37.3 Å². The first-order valence-corrected chi connectivity index (χ1v) is 7.70. The lowest BCUT2D eigenvalue weighted by Crippen LogP contribution is -2.41. The second-order valence-corrected chi connectivity index (χ2v) is 5.99. The molecular weight excluding hydrogens is 287 g/mol. The molecule has 2 saturated heterocycles. The van der Waals surface area contributed by atoms with Crippen LogP contribution in [0.25, 0.3) is 0 Å². The van der Waals surface area contributed by atoms with Gasteiger partial charge in [0.1, 0.15) is 6.10 Å². The van der Waals surface area contributed by atoms with Crippen molar-refractivity contribution >= 4 is 7.82 Å². The molecule has 1 aromatic rings. The summed E-state index contributed by atoms with van der Waals surface area (Å²) in [6, 6.07) is 9.20. The number of ether oxygens (including phenoxy) is 2. The smallest absolute Gasteiger partial charge is 0.385 e. The van der Waals surface area contributed by atoms with Crippen molar-refractivity contribution in [2.75, 3.05) is 19.8 Å². The minimum absolute atomic E-state index is 0.00419. The van der Waals surface area contributed by atoms with Gasteiger partial charge in [-0.05, 0) is 0 Å². The van der Waals surface area contributed by atoms with Gasteiger partial charge in [-0.25, -0.2) is 4.57 Å². The molecule has 0 spiro atoms. The molecule has 2 heterocycles. The van der Waals surface area contributed by atoms with E-state index in [4.69, 9.17) is 23.0 Å². The molecule has 1 aromatic carbocycles. The van der Waals surface area contributed by atoms with Crippen LogP contribution < -0.4 is 0 Å². The molecule has 1 N–H and O–H groups in total. The lowest BCUT2D eigenvalue weighted by molar-refractivity contribution is -0.306. The molecule has 7 nitrogen and oxygen atoms in total. The van der Waals surface area contributed by atoms with Crippen molar-refractivity contribution in [1.82, 2.24) is 0 Å². The standard InChI is InChI=1S/C12H15O7P/c13-10-8-15-11(9-4-2-1-3-5-9)18-12(10)19-20(14)16-6-7-17-20/h1-5,10-13H,6-8H2. The molecule has 110 valence electrons. The Morgan fingerprint density at radius 2 is 1.90 bits per heavy atom. The number of rotatable bonds is 3. The largest absolute Gasteiger partial charge is 0.477 e. The molecular formula is C12H15O7P. The van der Waals surface area contributed by atoms with Gasteiger partial charge in [0.25, 0.3) is 0 Å². The first kappa shape index (κ1) is 14.2. The van der Waals surface area contributed by atoms with E-state index < -0.39 is 26.5 Å². The molecule has 8 heteroatoms. The number of aliphatic hydroxyl groups excluding tert-OH is 1. The molecule has 3 atom stereocenters. The lowest BCUT2D eigenvalue weighted by atomic mass is 10.2. The molecule has 0 aliphatic carbocycles. The molecule has 20 heavy (non-hydrogen) atoms. The zero-order valence-corrected chi connectivity index (χ0v) is 11.5. The lowest BCUT2D eigenvalue weighted by Gasteiger charge is -2.34. The van der Waals surface area contributed by atoms with Crippen molar-refractivity contribution in [2.24, 2.45) is 0 Å². The first-order valence-electron chi connectivity index (χ1n) is 6.24. The highest BCUT2D eigenvalue weighted by atomic mass is 31.2. The molecule has 2 aliphatic heterocycles. The topological polar surface area (TPSA) is 83.5 Å². The fraction of sp³-hybridized carbons (Fsp3) is 0.500. The highest BCUT2D eigenvalue weighted by Crippen LogP contribution is 2.54. The highest BCUT2D eigenvalue weighted by molar-refractivity contribution is 7.48. The maximum atomic E-state index is 12.0. The monoisotopic (exact) mass is 302 g/mol. The van der Waals surface area contributed by atoms with Gasteiger partial charge in [-0.3, -0.25) is 13.6 Å². The van der Waals surface area contributed by atoms with Gasteiger partial charge >= 0.3 is 7.82 Å². The third kappa shape index (κ3) is 3.10. The summed E-state index contributed by atoms with van der Waals surface area (Å²) in [5, 5.41) is 9.80. The molecule has 0 saturated carbocycles. The zero-order chi connectivity index (χ0) is 14.0. The van der Waals surface area contributed by atoms with E-state index in [-0.39, 0.29) is 19.8 Å². The Bertz CT molecular complexity index is 484. The summed E-state index contributed by atoms with van der Waals surface area (Å²) in [6.07, 6.45) is -2.88. The number of benzene rings is 1. The maximum Gasteiger partial charge on any atom is 0.477 e. The average Bonchev–Trinajstić information content (AvgIpc) is 2.89. The summed E-state index contributed by atoms with van der Waals surface area (Å²) in [5.74, 6) is 0. The van der Waals surface area contributed by atoms with E-state index in [1.54, 1.807) is 0 Å². The fourth-order valence-corrected chi connectivity index (χ4v) is 3.16. The number of phosphoric acid groups is 1. The Labute approximate surface area is 116 Å². The van der Waals surface area contributed by atoms with Gasteiger partial charge in [0, 0.05) is 5.56 Å². The highest BCUT2D eigenvalue weighted by Gasteiger charge is 2.41. The Morgan fingerprint density at radius 3 is 2.60 bits per heavy atom. The third-order valence-corrected chi connectivity index (χ3v) is 4.34. The Morgan fingerprint density at radius 1 is 1.20 bits per heavy atom. The number of hydrogen-bond acceptors (Lipinski definition) is 7. The molecule has 0 aromatic heterocycles. The van der Waals surface area contributed by atoms with Gasteiger partial charge in [0.2, 0.25) is 6.29 Å². The van der Waals surface area contributed by atoms with Crippen molar-refractivity contribution in [3.05, 3.63) is 35.9 Å². The van der Waals surface area contributed by atoms with Crippen LogP contribution in [0, 0.1) is 0 Å². The van der Waals surface area contributed by atoms with Gasteiger partial charge in [0.05, 0.1) is 19.8 Å². The number of aliphatic hydroxyl groups is 1. The van der Waals surface area contributed by atoms with Crippen LogP contribution in [0.5, 0.6) is 0 Å². The maximum absolute atomic E-state index is 12.0. The first-order chi connectivity index (χ1) is 9.66. The summed E-state index contributed by atoms with van der Waals surface area (Å²) in [7, 11) is -3.63. The van der Waals surface area contributed by atoms with Crippen molar-refractivity contribution in [1.29, 1.82) is 0 Å². The fourth-order valence-electron chi connectivity index (χ4n) is 1.92. The molecule has 3 unspecified atom stereocenters. The van der Waals surface area contributed by atoms with Crippen LogP contribution in [0.3, 0.4) is 0 Å². The van der Waals surface area contributed by atoms with Gasteiger partial charge in [-0.15, -0.1) is 0 Å². The van der Waals surface area contributed by atoms with Crippen molar-refractivity contribution < 1.29 is 32.7 Å². The van der Waals surface area contributed by atoms with Gasteiger partial charge in [-0.1, -0.05) is 30.3 Å². The summed E-state index contributed by atoms with van der Waals surface area (Å²) < 4.78 is 37.8. The van der Waals surface area contributed by atoms with E-state index in [9.17, 15) is 9.67 Å². The van der Waals surface area contributed by atoms with Crippen molar-refractivity contribution in [2.45, 2.75) is 18.7 Å². The Hall–Kier alpha value is -0.790. The third-order valence-electron chi connectivity index (χ3n) is 2.88. The Balaban J connectivity index is 1.69. The van der Waals surface area contributed by atoms with E-state index in [1.165, 1.54) is 0 Å². The molecule has 2 fully saturated rings. The molecule has 0 amide bonds. The molecule has 0 radical (unpaired) electrons. The predicted octanol–water partition coefficient (Wildman–Crippen LogP) is 1.59. The van der Waals surface area contributed by atoms with E-state index in [2.05, 4.69) is 0 Å². The van der Waals surface area contributed by atoms with Crippen LogP contribution in [0.15, 0.2) is 30.3 Å². The summed E-state index contributed by atoms with van der Waals surface area (Å²) >= 11 is 0. The van der Waals surface area contributed by atoms with Crippen LogP contribution in [0.2, 0.25) is 0 Å². The number of hydrogen-bond donors (Lipinski definition) is 1. The number of phosphoric ester groups is 1. The van der Waals surface area contributed by atoms with Gasteiger partial charge in [0.15, 0.2) is 6.29 Å². The SMILES string of the molecule is O=P1(OC2OC(c3ccccc3)OCC2O)OCCO1. The van der Waals surface area contributed by atoms with Gasteiger partial charge < -0.3 is 14.6 Å².